The molecule has 0 saturated heterocycles. The highest BCUT2D eigenvalue weighted by Crippen LogP contribution is 2.24. The Balaban J connectivity index is 2.27. The Labute approximate surface area is 155 Å². The van der Waals surface area contributed by atoms with Gasteiger partial charge in [-0.15, -0.1) is 0 Å². The van der Waals surface area contributed by atoms with Crippen LogP contribution in [0.4, 0.5) is 0 Å². The van der Waals surface area contributed by atoms with Crippen molar-refractivity contribution in [3.8, 4) is 5.75 Å². The van der Waals surface area contributed by atoms with Crippen molar-refractivity contribution in [1.82, 2.24) is 5.32 Å². The third-order valence-electron chi connectivity index (χ3n) is 3.74. The zero-order valence-electron chi connectivity index (χ0n) is 13.8. The molecule has 1 amide bonds. The molecule has 2 aromatic carbocycles. The third-order valence-corrected chi connectivity index (χ3v) is 5.35. The Morgan fingerprint density at radius 2 is 1.88 bits per heavy atom. The van der Waals surface area contributed by atoms with Gasteiger partial charge in [0.15, 0.2) is 0 Å². The molecule has 0 aliphatic rings. The normalized spacial score (nSPS) is 12.5. The molecule has 134 valence electrons. The Hall–Kier alpha value is -1.90. The van der Waals surface area contributed by atoms with E-state index in [2.05, 4.69) is 21.2 Å². The summed E-state index contributed by atoms with van der Waals surface area (Å²) in [6, 6.07) is 11.3. The van der Waals surface area contributed by atoms with Crippen LogP contribution in [0, 0.1) is 0 Å². The molecule has 2 rings (SSSR count). The van der Waals surface area contributed by atoms with Crippen LogP contribution in [0.15, 0.2) is 51.8 Å². The van der Waals surface area contributed by atoms with Gasteiger partial charge in [0.1, 0.15) is 5.75 Å². The number of amides is 1. The van der Waals surface area contributed by atoms with Crippen molar-refractivity contribution in [2.24, 2.45) is 5.14 Å². The number of benzene rings is 2. The maximum Gasteiger partial charge on any atom is 0.252 e. The largest absolute Gasteiger partial charge is 0.497 e. The second kappa shape index (κ2) is 7.99. The first kappa shape index (κ1) is 19.4. The fourth-order valence-electron chi connectivity index (χ4n) is 2.35. The number of sulfonamides is 1. The number of rotatable bonds is 6. The Bertz CT molecular complexity index is 867. The molecule has 0 heterocycles. The van der Waals surface area contributed by atoms with E-state index in [-0.39, 0.29) is 22.4 Å². The maximum absolute atomic E-state index is 12.6. The SMILES string of the molecule is CCC(NC(=O)c1cc(S(N)(=O)=O)ccc1Br)c1ccc(OC)cc1. The Morgan fingerprint density at radius 3 is 2.40 bits per heavy atom. The van der Waals surface area contributed by atoms with Crippen LogP contribution in [0.2, 0.25) is 0 Å². The van der Waals surface area contributed by atoms with Gasteiger partial charge < -0.3 is 10.1 Å². The van der Waals surface area contributed by atoms with Crippen LogP contribution in [0.1, 0.15) is 35.3 Å². The van der Waals surface area contributed by atoms with Gasteiger partial charge >= 0.3 is 0 Å². The van der Waals surface area contributed by atoms with Crippen molar-refractivity contribution in [2.45, 2.75) is 24.3 Å². The van der Waals surface area contributed by atoms with E-state index < -0.39 is 10.0 Å². The molecule has 3 N–H and O–H groups in total. The average Bonchev–Trinajstić information content (AvgIpc) is 2.59. The Kier molecular flexibility index (Phi) is 6.21. The molecule has 0 bridgehead atoms. The van der Waals surface area contributed by atoms with E-state index >= 15 is 0 Å². The summed E-state index contributed by atoms with van der Waals surface area (Å²) in [6.07, 6.45) is 0.671. The lowest BCUT2D eigenvalue weighted by atomic mass is 10.0. The number of primary sulfonamides is 1. The standard InChI is InChI=1S/C17H19BrN2O4S/c1-3-16(11-4-6-12(24-2)7-5-11)20-17(21)14-10-13(25(19,22)23)8-9-15(14)18/h4-10,16H,3H2,1-2H3,(H,20,21)(H2,19,22,23). The Morgan fingerprint density at radius 1 is 1.24 bits per heavy atom. The van der Waals surface area contributed by atoms with Gasteiger partial charge in [0.05, 0.1) is 23.6 Å². The molecule has 0 aliphatic heterocycles. The predicted molar refractivity (Wildman–Crippen MR) is 99.0 cm³/mol. The molecule has 1 unspecified atom stereocenters. The molecule has 2 aromatic rings. The number of carbonyl (C=O) groups is 1. The van der Waals surface area contributed by atoms with Crippen LogP contribution in [0.5, 0.6) is 5.75 Å². The number of nitrogens with two attached hydrogens (primary N) is 1. The molecule has 0 aliphatic carbocycles. The van der Waals surface area contributed by atoms with Crippen LogP contribution in [-0.4, -0.2) is 21.4 Å². The molecule has 25 heavy (non-hydrogen) atoms. The van der Waals surface area contributed by atoms with Gasteiger partial charge in [0, 0.05) is 4.47 Å². The highest BCUT2D eigenvalue weighted by molar-refractivity contribution is 9.10. The van der Waals surface area contributed by atoms with E-state index in [1.165, 1.54) is 18.2 Å². The molecule has 8 heteroatoms. The van der Waals surface area contributed by atoms with Gasteiger partial charge in [-0.3, -0.25) is 4.79 Å². The second-order valence-electron chi connectivity index (χ2n) is 5.39. The van der Waals surface area contributed by atoms with E-state index in [4.69, 9.17) is 9.88 Å². The van der Waals surface area contributed by atoms with Crippen LogP contribution in [-0.2, 0) is 10.0 Å². The number of hydrogen-bond acceptors (Lipinski definition) is 4. The van der Waals surface area contributed by atoms with Gasteiger partial charge in [0.2, 0.25) is 10.0 Å². The first-order valence-electron chi connectivity index (χ1n) is 7.53. The smallest absolute Gasteiger partial charge is 0.252 e. The fraction of sp³-hybridized carbons (Fsp3) is 0.235. The van der Waals surface area contributed by atoms with Crippen molar-refractivity contribution in [2.75, 3.05) is 7.11 Å². The van der Waals surface area contributed by atoms with Gasteiger partial charge in [-0.1, -0.05) is 19.1 Å². The summed E-state index contributed by atoms with van der Waals surface area (Å²) < 4.78 is 28.6. The molecule has 0 fully saturated rings. The van der Waals surface area contributed by atoms with E-state index in [9.17, 15) is 13.2 Å². The van der Waals surface area contributed by atoms with E-state index in [1.807, 2.05) is 31.2 Å². The minimum Gasteiger partial charge on any atom is -0.497 e. The first-order valence-corrected chi connectivity index (χ1v) is 9.87. The third kappa shape index (κ3) is 4.81. The maximum atomic E-state index is 12.6. The summed E-state index contributed by atoms with van der Waals surface area (Å²) in [7, 11) is -2.30. The number of nitrogens with one attached hydrogen (secondary N) is 1. The number of methoxy groups -OCH3 is 1. The van der Waals surface area contributed by atoms with Gasteiger partial charge in [-0.2, -0.15) is 0 Å². The second-order valence-corrected chi connectivity index (χ2v) is 7.81. The molecular formula is C17H19BrN2O4S. The van der Waals surface area contributed by atoms with E-state index in [0.717, 1.165) is 11.3 Å². The van der Waals surface area contributed by atoms with Crippen molar-refractivity contribution in [3.05, 3.63) is 58.1 Å². The molecule has 6 nitrogen and oxygen atoms in total. The lowest BCUT2D eigenvalue weighted by Gasteiger charge is -2.18. The molecule has 0 aromatic heterocycles. The van der Waals surface area contributed by atoms with Crippen LogP contribution in [0.25, 0.3) is 0 Å². The lowest BCUT2D eigenvalue weighted by molar-refractivity contribution is 0.0934. The average molecular weight is 427 g/mol. The molecular weight excluding hydrogens is 408 g/mol. The fourth-order valence-corrected chi connectivity index (χ4v) is 3.32. The molecule has 0 radical (unpaired) electrons. The predicted octanol–water partition coefficient (Wildman–Crippen LogP) is 2.99. The highest BCUT2D eigenvalue weighted by atomic mass is 79.9. The summed E-state index contributed by atoms with van der Waals surface area (Å²) in [6.45, 7) is 1.95. The summed E-state index contributed by atoms with van der Waals surface area (Å²) >= 11 is 3.27. The van der Waals surface area contributed by atoms with Crippen LogP contribution >= 0.6 is 15.9 Å². The number of hydrogen-bond donors (Lipinski definition) is 2. The van der Waals surface area contributed by atoms with Crippen molar-refractivity contribution in [3.63, 3.8) is 0 Å². The van der Waals surface area contributed by atoms with Gasteiger partial charge in [-0.05, 0) is 58.2 Å². The summed E-state index contributed by atoms with van der Waals surface area (Å²) in [4.78, 5) is 12.5. The molecule has 0 saturated carbocycles. The zero-order chi connectivity index (χ0) is 18.6. The monoisotopic (exact) mass is 426 g/mol. The minimum absolute atomic E-state index is 0.113. The van der Waals surface area contributed by atoms with E-state index in [1.54, 1.807) is 7.11 Å². The van der Waals surface area contributed by atoms with Gasteiger partial charge in [0.25, 0.3) is 5.91 Å². The van der Waals surface area contributed by atoms with Crippen molar-refractivity contribution < 1.29 is 17.9 Å². The summed E-state index contributed by atoms with van der Waals surface area (Å²) in [5, 5.41) is 8.05. The lowest BCUT2D eigenvalue weighted by Crippen LogP contribution is -2.28. The van der Waals surface area contributed by atoms with Crippen molar-refractivity contribution >= 4 is 31.9 Å². The summed E-state index contributed by atoms with van der Waals surface area (Å²) in [5.74, 6) is 0.341. The number of halogens is 1. The van der Waals surface area contributed by atoms with Gasteiger partial charge in [-0.25, -0.2) is 13.6 Å². The molecule has 0 spiro atoms. The van der Waals surface area contributed by atoms with Crippen LogP contribution in [0.3, 0.4) is 0 Å². The number of carbonyl (C=O) groups excluding carboxylic acids is 1. The highest BCUT2D eigenvalue weighted by Gasteiger charge is 2.19. The minimum atomic E-state index is -3.88. The number of ether oxygens (including phenoxy) is 1. The topological polar surface area (TPSA) is 98.5 Å². The zero-order valence-corrected chi connectivity index (χ0v) is 16.2. The van der Waals surface area contributed by atoms with Crippen LogP contribution < -0.4 is 15.2 Å². The summed E-state index contributed by atoms with van der Waals surface area (Å²) in [5.41, 5.74) is 1.13. The quantitative estimate of drug-likeness (QED) is 0.741. The molecule has 1 atom stereocenters. The first-order chi connectivity index (χ1) is 11.8. The van der Waals surface area contributed by atoms with E-state index in [0.29, 0.717) is 10.9 Å². The van der Waals surface area contributed by atoms with Crippen molar-refractivity contribution in [1.29, 1.82) is 0 Å².